The zero-order valence-electron chi connectivity index (χ0n) is 23.8. The van der Waals surface area contributed by atoms with E-state index in [2.05, 4.69) is 5.32 Å². The second kappa shape index (κ2) is 11.0. The third-order valence-electron chi connectivity index (χ3n) is 8.41. The third-order valence-corrected chi connectivity index (χ3v) is 8.67. The standard InChI is InChI=1S/C29H44ClN3O5/c1-18(2)22(31-24(34)21-9-8-15-33(26(36)37)23(21)27(3,4)5)25(35)32-16-14-29(38,28(6,7)17-32)19-10-12-20(30)13-11-19/h10-13,18,21-23,38H,8-9,14-17H2,1-7H3,(H,31,34)(H,36,37)/t21?,22-,23-,29+/m1/s1. The van der Waals surface area contributed by atoms with E-state index in [1.807, 2.05) is 60.6 Å². The van der Waals surface area contributed by atoms with Crippen LogP contribution in [0.3, 0.4) is 0 Å². The van der Waals surface area contributed by atoms with Crippen molar-refractivity contribution in [2.75, 3.05) is 19.6 Å². The quantitative estimate of drug-likeness (QED) is 0.492. The number of halogens is 1. The predicted octanol–water partition coefficient (Wildman–Crippen LogP) is 4.73. The van der Waals surface area contributed by atoms with E-state index >= 15 is 0 Å². The van der Waals surface area contributed by atoms with Gasteiger partial charge >= 0.3 is 6.09 Å². The van der Waals surface area contributed by atoms with Crippen molar-refractivity contribution in [3.05, 3.63) is 34.9 Å². The van der Waals surface area contributed by atoms with E-state index in [0.717, 1.165) is 5.56 Å². The lowest BCUT2D eigenvalue weighted by molar-refractivity contribution is -0.157. The molecule has 9 heteroatoms. The summed E-state index contributed by atoms with van der Waals surface area (Å²) in [7, 11) is 0. The molecule has 0 saturated carbocycles. The van der Waals surface area contributed by atoms with Crippen molar-refractivity contribution in [3.63, 3.8) is 0 Å². The summed E-state index contributed by atoms with van der Waals surface area (Å²) in [6.45, 7) is 14.6. The molecule has 1 aromatic rings. The summed E-state index contributed by atoms with van der Waals surface area (Å²) >= 11 is 6.05. The Morgan fingerprint density at radius 2 is 1.71 bits per heavy atom. The van der Waals surface area contributed by atoms with Gasteiger partial charge in [-0.2, -0.15) is 0 Å². The number of hydrogen-bond donors (Lipinski definition) is 3. The fourth-order valence-corrected chi connectivity index (χ4v) is 6.42. The molecule has 0 bridgehead atoms. The minimum absolute atomic E-state index is 0.168. The lowest BCUT2D eigenvalue weighted by Gasteiger charge is -2.51. The van der Waals surface area contributed by atoms with Crippen molar-refractivity contribution in [3.8, 4) is 0 Å². The lowest BCUT2D eigenvalue weighted by Crippen LogP contribution is -2.62. The Balaban J connectivity index is 1.79. The van der Waals surface area contributed by atoms with Crippen LogP contribution in [0.2, 0.25) is 5.02 Å². The fourth-order valence-electron chi connectivity index (χ4n) is 6.30. The van der Waals surface area contributed by atoms with Crippen LogP contribution in [0.25, 0.3) is 0 Å². The molecular weight excluding hydrogens is 506 g/mol. The molecule has 0 aromatic heterocycles. The number of aliphatic hydroxyl groups is 1. The minimum Gasteiger partial charge on any atom is -0.465 e. The van der Waals surface area contributed by atoms with Crippen molar-refractivity contribution in [2.24, 2.45) is 22.7 Å². The van der Waals surface area contributed by atoms with Crippen LogP contribution in [-0.2, 0) is 15.2 Å². The second-order valence-corrected chi connectivity index (χ2v) is 13.5. The number of likely N-dealkylation sites (tertiary alicyclic amines) is 2. The molecule has 212 valence electrons. The average molecular weight is 550 g/mol. The van der Waals surface area contributed by atoms with Crippen molar-refractivity contribution in [2.45, 2.75) is 85.4 Å². The molecule has 2 fully saturated rings. The van der Waals surface area contributed by atoms with Crippen molar-refractivity contribution >= 4 is 29.5 Å². The molecule has 4 atom stereocenters. The molecule has 0 aliphatic carbocycles. The lowest BCUT2D eigenvalue weighted by atomic mass is 9.66. The van der Waals surface area contributed by atoms with Gasteiger partial charge in [-0.3, -0.25) is 9.59 Å². The molecule has 2 saturated heterocycles. The number of carbonyl (C=O) groups is 3. The van der Waals surface area contributed by atoms with Crippen LogP contribution >= 0.6 is 11.6 Å². The van der Waals surface area contributed by atoms with Gasteiger partial charge in [0.25, 0.3) is 0 Å². The van der Waals surface area contributed by atoms with Gasteiger partial charge in [-0.15, -0.1) is 0 Å². The molecule has 8 nitrogen and oxygen atoms in total. The molecule has 0 spiro atoms. The van der Waals surface area contributed by atoms with Gasteiger partial charge in [0.05, 0.1) is 17.6 Å². The minimum atomic E-state index is -1.13. The number of nitrogens with one attached hydrogen (secondary N) is 1. The van der Waals surface area contributed by atoms with Gasteiger partial charge in [0.2, 0.25) is 11.8 Å². The molecule has 3 rings (SSSR count). The number of carboxylic acid groups (broad SMARTS) is 1. The molecular formula is C29H44ClN3O5. The van der Waals surface area contributed by atoms with Gasteiger partial charge in [0.15, 0.2) is 0 Å². The van der Waals surface area contributed by atoms with E-state index in [4.69, 9.17) is 11.6 Å². The zero-order chi connectivity index (χ0) is 28.6. The number of nitrogens with zero attached hydrogens (tertiary/aromatic N) is 2. The number of piperidine rings is 2. The van der Waals surface area contributed by atoms with E-state index in [-0.39, 0.29) is 17.7 Å². The molecule has 0 radical (unpaired) electrons. The summed E-state index contributed by atoms with van der Waals surface area (Å²) in [6, 6.07) is 5.94. The van der Waals surface area contributed by atoms with E-state index < -0.39 is 40.5 Å². The number of rotatable bonds is 5. The predicted molar refractivity (Wildman–Crippen MR) is 148 cm³/mol. The Labute approximate surface area is 231 Å². The van der Waals surface area contributed by atoms with E-state index in [1.165, 1.54) is 4.90 Å². The maximum atomic E-state index is 13.8. The highest BCUT2D eigenvalue weighted by Crippen LogP contribution is 2.46. The van der Waals surface area contributed by atoms with Crippen LogP contribution in [0, 0.1) is 22.7 Å². The highest BCUT2D eigenvalue weighted by Gasteiger charge is 2.51. The van der Waals surface area contributed by atoms with Gasteiger partial charge in [-0.05, 0) is 48.3 Å². The topological polar surface area (TPSA) is 110 Å². The van der Waals surface area contributed by atoms with Crippen LogP contribution < -0.4 is 5.32 Å². The largest absolute Gasteiger partial charge is 0.465 e. The van der Waals surface area contributed by atoms with Gasteiger partial charge in [-0.1, -0.05) is 72.2 Å². The summed E-state index contributed by atoms with van der Waals surface area (Å²) in [4.78, 5) is 42.5. The van der Waals surface area contributed by atoms with Crippen LogP contribution in [0.1, 0.15) is 73.3 Å². The van der Waals surface area contributed by atoms with Gasteiger partial charge in [0, 0.05) is 30.1 Å². The average Bonchev–Trinajstić information content (AvgIpc) is 2.82. The second-order valence-electron chi connectivity index (χ2n) is 13.0. The highest BCUT2D eigenvalue weighted by atomic mass is 35.5. The maximum absolute atomic E-state index is 13.8. The molecule has 1 unspecified atom stereocenters. The summed E-state index contributed by atoms with van der Waals surface area (Å²) in [5, 5.41) is 25.1. The number of hydrogen-bond acceptors (Lipinski definition) is 4. The monoisotopic (exact) mass is 549 g/mol. The smallest absolute Gasteiger partial charge is 0.407 e. The molecule has 1 aromatic carbocycles. The maximum Gasteiger partial charge on any atom is 0.407 e. The van der Waals surface area contributed by atoms with Crippen LogP contribution in [0.4, 0.5) is 4.79 Å². The van der Waals surface area contributed by atoms with Gasteiger partial charge in [0.1, 0.15) is 6.04 Å². The van der Waals surface area contributed by atoms with E-state index in [9.17, 15) is 24.6 Å². The summed E-state index contributed by atoms with van der Waals surface area (Å²) in [6.07, 6.45) is 0.499. The van der Waals surface area contributed by atoms with Crippen molar-refractivity contribution in [1.82, 2.24) is 15.1 Å². The van der Waals surface area contributed by atoms with Crippen molar-refractivity contribution in [1.29, 1.82) is 0 Å². The van der Waals surface area contributed by atoms with Crippen LogP contribution in [0.5, 0.6) is 0 Å². The summed E-state index contributed by atoms with van der Waals surface area (Å²) in [5.74, 6) is -1.17. The normalized spacial score (nSPS) is 26.7. The molecule has 2 aliphatic rings. The molecule has 38 heavy (non-hydrogen) atoms. The number of amides is 3. The zero-order valence-corrected chi connectivity index (χ0v) is 24.5. The Bertz CT molecular complexity index is 1040. The van der Waals surface area contributed by atoms with Gasteiger partial charge in [-0.25, -0.2) is 4.79 Å². The molecule has 3 amide bonds. The van der Waals surface area contributed by atoms with Gasteiger partial charge < -0.3 is 25.3 Å². The number of carbonyl (C=O) groups excluding carboxylic acids is 2. The first-order valence-corrected chi connectivity index (χ1v) is 13.9. The number of benzene rings is 1. The van der Waals surface area contributed by atoms with Crippen molar-refractivity contribution < 1.29 is 24.6 Å². The Kier molecular flexibility index (Phi) is 8.79. The molecule has 2 heterocycles. The highest BCUT2D eigenvalue weighted by molar-refractivity contribution is 6.30. The molecule has 2 aliphatic heterocycles. The summed E-state index contributed by atoms with van der Waals surface area (Å²) < 4.78 is 0. The fraction of sp³-hybridized carbons (Fsp3) is 0.690. The Morgan fingerprint density at radius 1 is 1.11 bits per heavy atom. The first-order chi connectivity index (χ1) is 17.5. The first kappa shape index (κ1) is 30.2. The summed E-state index contributed by atoms with van der Waals surface area (Å²) in [5.41, 5.74) is -1.46. The molecule has 3 N–H and O–H groups in total. The van der Waals surface area contributed by atoms with E-state index in [1.54, 1.807) is 17.0 Å². The third kappa shape index (κ3) is 5.96. The Hall–Kier alpha value is -2.32. The first-order valence-electron chi connectivity index (χ1n) is 13.6. The van der Waals surface area contributed by atoms with E-state index in [0.29, 0.717) is 43.9 Å². The van der Waals surface area contributed by atoms with Crippen LogP contribution in [0.15, 0.2) is 24.3 Å². The van der Waals surface area contributed by atoms with Crippen LogP contribution in [-0.4, -0.2) is 69.6 Å². The Morgan fingerprint density at radius 3 is 2.21 bits per heavy atom. The SMILES string of the molecule is CC(C)[C@@H](NC(=O)C1CCCN(C(=O)O)[C@H]1C(C)(C)C)C(=O)N1CC[C@](O)(c2ccc(Cl)cc2)C(C)(C)C1.